The van der Waals surface area contributed by atoms with Gasteiger partial charge < -0.3 is 14.8 Å². The number of hydrogen-bond donors (Lipinski definition) is 2. The second-order valence-corrected chi connectivity index (χ2v) is 5.02. The summed E-state index contributed by atoms with van der Waals surface area (Å²) >= 11 is 0. The first-order valence-electron chi connectivity index (χ1n) is 6.75. The molecule has 0 radical (unpaired) electrons. The predicted molar refractivity (Wildman–Crippen MR) is 74.9 cm³/mol. The first kappa shape index (κ1) is 15.0. The molecule has 2 N–H and O–H groups in total. The number of rotatable bonds is 5. The lowest BCUT2D eigenvalue weighted by atomic mass is 10.1. The molecule has 2 heterocycles. The van der Waals surface area contributed by atoms with Crippen LogP contribution in [0.1, 0.15) is 18.4 Å². The van der Waals surface area contributed by atoms with Gasteiger partial charge in [-0.15, -0.1) is 0 Å². The number of aromatic amines is 1. The van der Waals surface area contributed by atoms with Gasteiger partial charge in [-0.05, 0) is 13.3 Å². The summed E-state index contributed by atoms with van der Waals surface area (Å²) in [5.41, 5.74) is -0.515. The fourth-order valence-corrected chi connectivity index (χ4v) is 2.30. The van der Waals surface area contributed by atoms with E-state index in [0.717, 1.165) is 0 Å². The van der Waals surface area contributed by atoms with Crippen LogP contribution in [0, 0.1) is 6.92 Å². The van der Waals surface area contributed by atoms with Crippen molar-refractivity contribution in [2.45, 2.75) is 32.4 Å². The Hall–Kier alpha value is -2.38. The number of aryl methyl sites for hydroxylation is 2. The molecular weight excluding hydrogens is 276 g/mol. The van der Waals surface area contributed by atoms with Gasteiger partial charge in [0.1, 0.15) is 6.04 Å². The van der Waals surface area contributed by atoms with Crippen molar-refractivity contribution in [2.24, 2.45) is 0 Å². The molecule has 2 amide bonds. The Morgan fingerprint density at radius 1 is 1.43 bits per heavy atom. The van der Waals surface area contributed by atoms with Crippen molar-refractivity contribution in [1.29, 1.82) is 0 Å². The van der Waals surface area contributed by atoms with Crippen LogP contribution in [0.2, 0.25) is 0 Å². The van der Waals surface area contributed by atoms with E-state index in [1.54, 1.807) is 6.92 Å². The van der Waals surface area contributed by atoms with Crippen LogP contribution < -0.4 is 16.6 Å². The van der Waals surface area contributed by atoms with E-state index in [1.165, 1.54) is 22.7 Å². The number of amides is 2. The first-order valence-corrected chi connectivity index (χ1v) is 6.75. The van der Waals surface area contributed by atoms with Crippen molar-refractivity contribution in [3.05, 3.63) is 32.6 Å². The summed E-state index contributed by atoms with van der Waals surface area (Å²) in [5, 5.41) is 2.53. The molecule has 1 atom stereocenters. The Kier molecular flexibility index (Phi) is 4.25. The highest BCUT2D eigenvalue weighted by atomic mass is 16.2. The quantitative estimate of drug-likeness (QED) is 0.650. The van der Waals surface area contributed by atoms with E-state index in [1.807, 2.05) is 0 Å². The maximum absolute atomic E-state index is 11.9. The number of β-lactam (4-membered cyclic amide) rings is 1. The zero-order valence-corrected chi connectivity index (χ0v) is 12.0. The lowest BCUT2D eigenvalue weighted by molar-refractivity contribution is -0.148. The van der Waals surface area contributed by atoms with Crippen molar-refractivity contribution >= 4 is 11.8 Å². The van der Waals surface area contributed by atoms with Crippen molar-refractivity contribution in [2.75, 3.05) is 13.6 Å². The zero-order valence-electron chi connectivity index (χ0n) is 12.0. The monoisotopic (exact) mass is 294 g/mol. The number of H-pyrrole nitrogens is 1. The third-order valence-corrected chi connectivity index (χ3v) is 3.64. The van der Waals surface area contributed by atoms with Crippen LogP contribution in [0.25, 0.3) is 0 Å². The average Bonchev–Trinajstić information content (AvgIpc) is 2.45. The fraction of sp³-hybridized carbons (Fsp3) is 0.538. The number of carbonyl (C=O) groups excluding carboxylic acids is 2. The SMILES string of the molecule is CNC(=O)C(CCn1cc(C)c(=O)[nH]c1=O)N1CCC1=O. The molecule has 0 aliphatic carbocycles. The molecule has 2 rings (SSSR count). The minimum Gasteiger partial charge on any atom is -0.357 e. The number of carbonyl (C=O) groups is 2. The summed E-state index contributed by atoms with van der Waals surface area (Å²) in [6, 6.07) is -0.588. The highest BCUT2D eigenvalue weighted by molar-refractivity contribution is 5.90. The standard InChI is InChI=1S/C13H18N4O4/c1-8-7-16(13(21)15-11(8)19)5-3-9(12(20)14-2)17-6-4-10(17)18/h7,9H,3-6H2,1-2H3,(H,14,20)(H,15,19,21). The zero-order chi connectivity index (χ0) is 15.6. The van der Waals surface area contributed by atoms with Gasteiger partial charge in [0.05, 0.1) is 0 Å². The van der Waals surface area contributed by atoms with E-state index in [4.69, 9.17) is 0 Å². The van der Waals surface area contributed by atoms with Gasteiger partial charge in [-0.25, -0.2) is 4.79 Å². The van der Waals surface area contributed by atoms with E-state index in [0.29, 0.717) is 24.9 Å². The van der Waals surface area contributed by atoms with Crippen molar-refractivity contribution in [3.63, 3.8) is 0 Å². The van der Waals surface area contributed by atoms with Gasteiger partial charge in [-0.1, -0.05) is 0 Å². The molecule has 8 nitrogen and oxygen atoms in total. The predicted octanol–water partition coefficient (Wildman–Crippen LogP) is -1.42. The minimum atomic E-state index is -0.588. The summed E-state index contributed by atoms with van der Waals surface area (Å²) < 4.78 is 1.34. The molecule has 21 heavy (non-hydrogen) atoms. The number of likely N-dealkylation sites (N-methyl/N-ethyl adjacent to an activating group) is 1. The Labute approximate surface area is 120 Å². The van der Waals surface area contributed by atoms with Crippen LogP contribution >= 0.6 is 0 Å². The summed E-state index contributed by atoms with van der Waals surface area (Å²) in [6.45, 7) is 2.40. The van der Waals surface area contributed by atoms with Crippen LogP contribution in [0.5, 0.6) is 0 Å². The molecule has 1 fully saturated rings. The van der Waals surface area contributed by atoms with Gasteiger partial charge in [0.2, 0.25) is 11.8 Å². The van der Waals surface area contributed by atoms with E-state index >= 15 is 0 Å². The van der Waals surface area contributed by atoms with Crippen LogP contribution in [0.15, 0.2) is 15.8 Å². The van der Waals surface area contributed by atoms with Gasteiger partial charge in [-0.2, -0.15) is 0 Å². The lowest BCUT2D eigenvalue weighted by Gasteiger charge is -2.37. The molecule has 1 aromatic heterocycles. The van der Waals surface area contributed by atoms with Crippen molar-refractivity contribution < 1.29 is 9.59 Å². The maximum atomic E-state index is 11.9. The average molecular weight is 294 g/mol. The molecule has 1 aliphatic rings. The minimum absolute atomic E-state index is 0.0615. The molecule has 8 heteroatoms. The smallest absolute Gasteiger partial charge is 0.328 e. The van der Waals surface area contributed by atoms with Crippen LogP contribution in [-0.4, -0.2) is 45.9 Å². The number of aromatic nitrogens is 2. The van der Waals surface area contributed by atoms with E-state index in [2.05, 4.69) is 10.3 Å². The number of nitrogens with zero attached hydrogens (tertiary/aromatic N) is 2. The summed E-state index contributed by atoms with van der Waals surface area (Å²) in [7, 11) is 1.51. The molecular formula is C13H18N4O4. The molecule has 1 aromatic rings. The summed E-state index contributed by atoms with van der Waals surface area (Å²) in [4.78, 5) is 50.1. The Morgan fingerprint density at radius 2 is 2.14 bits per heavy atom. The van der Waals surface area contributed by atoms with E-state index in [9.17, 15) is 19.2 Å². The Balaban J connectivity index is 2.13. The second kappa shape index (κ2) is 5.94. The normalized spacial score (nSPS) is 15.5. The Morgan fingerprint density at radius 3 is 2.67 bits per heavy atom. The van der Waals surface area contributed by atoms with Crippen LogP contribution in [0.4, 0.5) is 0 Å². The molecule has 1 unspecified atom stereocenters. The summed E-state index contributed by atoms with van der Waals surface area (Å²) in [6.07, 6.45) is 2.22. The fourth-order valence-electron chi connectivity index (χ4n) is 2.30. The van der Waals surface area contributed by atoms with Crippen molar-refractivity contribution in [3.8, 4) is 0 Å². The third-order valence-electron chi connectivity index (χ3n) is 3.64. The van der Waals surface area contributed by atoms with Gasteiger partial charge in [-0.3, -0.25) is 19.4 Å². The van der Waals surface area contributed by atoms with E-state index in [-0.39, 0.29) is 18.4 Å². The highest BCUT2D eigenvalue weighted by Gasteiger charge is 2.34. The van der Waals surface area contributed by atoms with Crippen LogP contribution in [-0.2, 0) is 16.1 Å². The lowest BCUT2D eigenvalue weighted by Crippen LogP contribution is -2.56. The third kappa shape index (κ3) is 3.04. The van der Waals surface area contributed by atoms with Gasteiger partial charge in [0.15, 0.2) is 0 Å². The number of nitrogens with one attached hydrogen (secondary N) is 2. The highest BCUT2D eigenvalue weighted by Crippen LogP contribution is 2.16. The molecule has 1 aliphatic heterocycles. The second-order valence-electron chi connectivity index (χ2n) is 5.02. The van der Waals surface area contributed by atoms with Gasteiger partial charge in [0, 0.05) is 38.3 Å². The molecule has 0 spiro atoms. The molecule has 114 valence electrons. The van der Waals surface area contributed by atoms with Gasteiger partial charge in [0.25, 0.3) is 5.56 Å². The van der Waals surface area contributed by atoms with Gasteiger partial charge >= 0.3 is 5.69 Å². The van der Waals surface area contributed by atoms with Crippen molar-refractivity contribution in [1.82, 2.24) is 19.8 Å². The number of hydrogen-bond acceptors (Lipinski definition) is 4. The first-order chi connectivity index (χ1) is 9.93. The molecule has 0 bridgehead atoms. The largest absolute Gasteiger partial charge is 0.357 e. The summed E-state index contributed by atoms with van der Waals surface area (Å²) in [5.74, 6) is -0.314. The molecule has 0 saturated carbocycles. The molecule has 0 aromatic carbocycles. The van der Waals surface area contributed by atoms with Crippen LogP contribution in [0.3, 0.4) is 0 Å². The molecule has 1 saturated heterocycles. The maximum Gasteiger partial charge on any atom is 0.328 e. The number of likely N-dealkylation sites (tertiary alicyclic amines) is 1. The van der Waals surface area contributed by atoms with E-state index < -0.39 is 17.3 Å². The Bertz CT molecular complexity index is 675. The topological polar surface area (TPSA) is 104 Å².